The number of aryl methyl sites for hydroxylation is 1. The first kappa shape index (κ1) is 24.8. The van der Waals surface area contributed by atoms with Crippen molar-refractivity contribution in [2.45, 2.75) is 58.9 Å². The maximum Gasteiger partial charge on any atom is 0.229 e. The summed E-state index contributed by atoms with van der Waals surface area (Å²) in [6.45, 7) is 17.2. The number of nitrogens with one attached hydrogen (secondary N) is 2. The lowest BCUT2D eigenvalue weighted by atomic mass is 9.91. The second-order valence-corrected chi connectivity index (χ2v) is 9.43. The van der Waals surface area contributed by atoms with Crippen molar-refractivity contribution in [1.29, 1.82) is 0 Å². The van der Waals surface area contributed by atoms with Gasteiger partial charge in [0.2, 0.25) is 5.95 Å². The Hall–Kier alpha value is -2.86. The van der Waals surface area contributed by atoms with Crippen molar-refractivity contribution < 1.29 is 0 Å². The average molecular weight is 449 g/mol. The van der Waals surface area contributed by atoms with Gasteiger partial charge in [0.15, 0.2) is 0 Å². The molecule has 0 saturated heterocycles. The first-order valence-corrected chi connectivity index (χ1v) is 12.2. The first-order chi connectivity index (χ1) is 15.8. The van der Waals surface area contributed by atoms with E-state index in [1.807, 2.05) is 0 Å². The molecular formula is C27H40N6. The number of hydrogen-bond acceptors (Lipinski definition) is 6. The Morgan fingerprint density at radius 3 is 2.64 bits per heavy atom. The van der Waals surface area contributed by atoms with E-state index in [0.29, 0.717) is 23.6 Å². The molecule has 1 unspecified atom stereocenters. The molecule has 6 heteroatoms. The predicted octanol–water partition coefficient (Wildman–Crippen LogP) is 5.67. The number of hydrogen-bond donors (Lipinski definition) is 3. The molecule has 6 nitrogen and oxygen atoms in total. The molecule has 0 amide bonds. The van der Waals surface area contributed by atoms with E-state index in [4.69, 9.17) is 5.73 Å². The van der Waals surface area contributed by atoms with Gasteiger partial charge in [0, 0.05) is 30.2 Å². The normalized spacial score (nSPS) is 14.2. The topological polar surface area (TPSA) is 79.1 Å². The molecule has 33 heavy (non-hydrogen) atoms. The van der Waals surface area contributed by atoms with E-state index in [1.165, 1.54) is 23.1 Å². The van der Waals surface area contributed by atoms with Crippen LogP contribution in [0.4, 0.5) is 17.5 Å². The summed E-state index contributed by atoms with van der Waals surface area (Å²) in [6, 6.07) is 6.90. The lowest BCUT2D eigenvalue weighted by Gasteiger charge is -2.22. The maximum absolute atomic E-state index is 5.94. The lowest BCUT2D eigenvalue weighted by molar-refractivity contribution is 0.289. The van der Waals surface area contributed by atoms with Crippen LogP contribution in [0.2, 0.25) is 0 Å². The number of anilines is 3. The molecule has 1 aliphatic carbocycles. The van der Waals surface area contributed by atoms with Crippen LogP contribution in [0.25, 0.3) is 11.3 Å². The fourth-order valence-corrected chi connectivity index (χ4v) is 4.23. The van der Waals surface area contributed by atoms with Crippen LogP contribution in [0.3, 0.4) is 0 Å². The molecule has 0 aliphatic heterocycles. The number of rotatable bonds is 13. The maximum atomic E-state index is 5.94. The molecule has 1 aromatic heterocycles. The average Bonchev–Trinajstić information content (AvgIpc) is 3.57. The minimum atomic E-state index is 0.461. The van der Waals surface area contributed by atoms with Gasteiger partial charge in [-0.25, -0.2) is 4.98 Å². The van der Waals surface area contributed by atoms with Crippen LogP contribution < -0.4 is 16.4 Å². The minimum absolute atomic E-state index is 0.461. The number of benzene rings is 1. The minimum Gasteiger partial charge on any atom is -0.399 e. The first-order valence-electron chi connectivity index (χ1n) is 12.2. The third kappa shape index (κ3) is 7.06. The van der Waals surface area contributed by atoms with Crippen molar-refractivity contribution in [2.75, 3.05) is 30.8 Å². The quantitative estimate of drug-likeness (QED) is 0.366. The standard InChI is InChI=1S/C27H40N6/c1-7-13-33(6)17-18(3)14-19(4)24-15-23(10-9-21(24)8-2)31-27-29-16-25(20(5)28)26(32-27)30-22-11-12-22/h9-10,15-16,18,22H,4-5,7-8,11-14,17,28H2,1-3,6H3,(H2,29,30,31,32). The summed E-state index contributed by atoms with van der Waals surface area (Å²) < 4.78 is 0. The van der Waals surface area contributed by atoms with Crippen LogP contribution in [0.1, 0.15) is 63.1 Å². The van der Waals surface area contributed by atoms with Crippen LogP contribution in [0.15, 0.2) is 37.6 Å². The fraction of sp³-hybridized carbons (Fsp3) is 0.481. The molecule has 178 valence electrons. The van der Waals surface area contributed by atoms with Gasteiger partial charge in [0.1, 0.15) is 5.82 Å². The highest BCUT2D eigenvalue weighted by Crippen LogP contribution is 2.30. The zero-order chi connectivity index (χ0) is 24.0. The van der Waals surface area contributed by atoms with E-state index in [-0.39, 0.29) is 0 Å². The third-order valence-electron chi connectivity index (χ3n) is 6.00. The Kier molecular flexibility index (Phi) is 8.50. The predicted molar refractivity (Wildman–Crippen MR) is 142 cm³/mol. The molecule has 4 N–H and O–H groups in total. The second kappa shape index (κ2) is 11.3. The van der Waals surface area contributed by atoms with E-state index in [0.717, 1.165) is 55.8 Å². The van der Waals surface area contributed by atoms with Crippen LogP contribution in [-0.2, 0) is 6.42 Å². The number of allylic oxidation sites excluding steroid dienone is 1. The summed E-state index contributed by atoms with van der Waals surface area (Å²) in [5, 5.41) is 6.81. The molecule has 0 radical (unpaired) electrons. The Labute approximate surface area is 199 Å². The van der Waals surface area contributed by atoms with Gasteiger partial charge in [0.05, 0.1) is 5.56 Å². The highest BCUT2D eigenvalue weighted by atomic mass is 15.2. The number of aromatic nitrogens is 2. The molecule has 0 spiro atoms. The van der Waals surface area contributed by atoms with Crippen molar-refractivity contribution in [3.05, 3.63) is 54.2 Å². The molecule has 1 saturated carbocycles. The van der Waals surface area contributed by atoms with Crippen LogP contribution >= 0.6 is 0 Å². The SMILES string of the molecule is C=C(CC(C)CN(C)CCC)c1cc(Nc2ncc(C(=C)N)c(NC3CC3)n2)ccc1CC. The van der Waals surface area contributed by atoms with E-state index < -0.39 is 0 Å². The monoisotopic (exact) mass is 448 g/mol. The molecule has 2 aromatic rings. The molecule has 1 aromatic carbocycles. The molecule has 0 bridgehead atoms. The van der Waals surface area contributed by atoms with Gasteiger partial charge in [-0.1, -0.05) is 40.0 Å². The molecule has 3 rings (SSSR count). The lowest BCUT2D eigenvalue weighted by Crippen LogP contribution is -2.25. The zero-order valence-corrected chi connectivity index (χ0v) is 20.7. The highest BCUT2D eigenvalue weighted by Gasteiger charge is 2.23. The van der Waals surface area contributed by atoms with Crippen molar-refractivity contribution in [1.82, 2.24) is 14.9 Å². The van der Waals surface area contributed by atoms with Gasteiger partial charge in [-0.05, 0) is 80.4 Å². The molecule has 1 atom stereocenters. The van der Waals surface area contributed by atoms with Gasteiger partial charge in [0.25, 0.3) is 0 Å². The van der Waals surface area contributed by atoms with Crippen LogP contribution in [0, 0.1) is 5.92 Å². The molecular weight excluding hydrogens is 408 g/mol. The van der Waals surface area contributed by atoms with Gasteiger partial charge in [-0.15, -0.1) is 0 Å². The van der Waals surface area contributed by atoms with Crippen LogP contribution in [-0.4, -0.2) is 41.0 Å². The van der Waals surface area contributed by atoms with Crippen LogP contribution in [0.5, 0.6) is 0 Å². The van der Waals surface area contributed by atoms with E-state index >= 15 is 0 Å². The van der Waals surface area contributed by atoms with Crippen molar-refractivity contribution in [3.63, 3.8) is 0 Å². The Bertz CT molecular complexity index is 979. The van der Waals surface area contributed by atoms with Gasteiger partial charge >= 0.3 is 0 Å². The summed E-state index contributed by atoms with van der Waals surface area (Å²) in [7, 11) is 2.20. The van der Waals surface area contributed by atoms with Gasteiger partial charge in [-0.3, -0.25) is 0 Å². The van der Waals surface area contributed by atoms with Crippen molar-refractivity contribution in [2.24, 2.45) is 11.7 Å². The second-order valence-electron chi connectivity index (χ2n) is 9.43. The molecule has 1 heterocycles. The summed E-state index contributed by atoms with van der Waals surface area (Å²) in [5.41, 5.74) is 11.8. The Balaban J connectivity index is 1.76. The summed E-state index contributed by atoms with van der Waals surface area (Å²) in [5.74, 6) is 1.83. The summed E-state index contributed by atoms with van der Waals surface area (Å²) in [4.78, 5) is 11.6. The molecule has 1 aliphatic rings. The van der Waals surface area contributed by atoms with Crippen molar-refractivity contribution in [3.8, 4) is 0 Å². The third-order valence-corrected chi connectivity index (χ3v) is 6.00. The Morgan fingerprint density at radius 2 is 2.00 bits per heavy atom. The van der Waals surface area contributed by atoms with Gasteiger partial charge in [-0.2, -0.15) is 4.98 Å². The summed E-state index contributed by atoms with van der Waals surface area (Å²) in [6.07, 6.45) is 7.16. The smallest absolute Gasteiger partial charge is 0.229 e. The summed E-state index contributed by atoms with van der Waals surface area (Å²) >= 11 is 0. The number of nitrogens with two attached hydrogens (primary N) is 1. The Morgan fingerprint density at radius 1 is 1.24 bits per heavy atom. The zero-order valence-electron chi connectivity index (χ0n) is 20.7. The van der Waals surface area contributed by atoms with Gasteiger partial charge < -0.3 is 21.3 Å². The van der Waals surface area contributed by atoms with E-state index in [1.54, 1.807) is 6.20 Å². The van der Waals surface area contributed by atoms with E-state index in [9.17, 15) is 0 Å². The largest absolute Gasteiger partial charge is 0.399 e. The number of nitrogens with zero attached hydrogens (tertiary/aromatic N) is 3. The van der Waals surface area contributed by atoms with Crippen molar-refractivity contribution >= 4 is 28.7 Å². The fourth-order valence-electron chi connectivity index (χ4n) is 4.23. The van der Waals surface area contributed by atoms with E-state index in [2.05, 4.69) is 84.7 Å². The highest BCUT2D eigenvalue weighted by molar-refractivity contribution is 5.73. The molecule has 1 fully saturated rings.